The van der Waals surface area contributed by atoms with Crippen molar-refractivity contribution in [2.24, 2.45) is 5.84 Å². The smallest absolute Gasteiger partial charge is 0.270 e. The van der Waals surface area contributed by atoms with Crippen molar-refractivity contribution in [2.45, 2.75) is 0 Å². The molecule has 0 bridgehead atoms. The molecule has 0 aliphatic carbocycles. The molecule has 0 saturated heterocycles. The first kappa shape index (κ1) is 12.0. The van der Waals surface area contributed by atoms with Gasteiger partial charge in [-0.05, 0) is 36.4 Å². The topological polar surface area (TPSA) is 77.2 Å². The number of hydrogen-bond donors (Lipinski definition) is 2. The Balaban J connectivity index is 2.28. The summed E-state index contributed by atoms with van der Waals surface area (Å²) in [7, 11) is 0. The van der Waals surface area contributed by atoms with Gasteiger partial charge in [-0.25, -0.2) is 15.2 Å². The summed E-state index contributed by atoms with van der Waals surface area (Å²) in [5, 5.41) is 0. The fourth-order valence-corrected chi connectivity index (χ4v) is 1.34. The van der Waals surface area contributed by atoms with Crippen LogP contribution >= 0.6 is 0 Å². The molecular formula is C12H10FN3O2. The predicted octanol–water partition coefficient (Wildman–Crippen LogP) is 1.62. The number of hydrazine groups is 1. The normalized spacial score (nSPS) is 9.89. The highest BCUT2D eigenvalue weighted by atomic mass is 19.1. The van der Waals surface area contributed by atoms with E-state index in [4.69, 9.17) is 10.6 Å². The van der Waals surface area contributed by atoms with Crippen molar-refractivity contribution in [1.82, 2.24) is 10.4 Å². The lowest BCUT2D eigenvalue weighted by Gasteiger charge is -2.08. The summed E-state index contributed by atoms with van der Waals surface area (Å²) in [6, 6.07) is 8.49. The van der Waals surface area contributed by atoms with Crippen molar-refractivity contribution in [3.05, 3.63) is 54.0 Å². The van der Waals surface area contributed by atoms with Crippen molar-refractivity contribution < 1.29 is 13.9 Å². The van der Waals surface area contributed by atoms with Crippen LogP contribution < -0.4 is 16.0 Å². The van der Waals surface area contributed by atoms with Crippen molar-refractivity contribution >= 4 is 5.91 Å². The monoisotopic (exact) mass is 247 g/mol. The second kappa shape index (κ2) is 5.24. The van der Waals surface area contributed by atoms with Gasteiger partial charge in [0.15, 0.2) is 0 Å². The van der Waals surface area contributed by atoms with Crippen LogP contribution in [0.1, 0.15) is 10.4 Å². The predicted molar refractivity (Wildman–Crippen MR) is 62.4 cm³/mol. The zero-order chi connectivity index (χ0) is 13.0. The third-order valence-corrected chi connectivity index (χ3v) is 2.18. The lowest BCUT2D eigenvalue weighted by molar-refractivity contribution is 0.0950. The van der Waals surface area contributed by atoms with Gasteiger partial charge in [-0.1, -0.05) is 0 Å². The molecule has 0 atom stereocenters. The standard InChI is InChI=1S/C12H10FN3O2/c13-8-3-5-9(6-4-8)18-12-10(11(17)16-14)2-1-7-15-12/h1-7H,14H2,(H,16,17). The molecule has 0 aliphatic rings. The molecule has 1 aromatic heterocycles. The maximum Gasteiger partial charge on any atom is 0.270 e. The minimum Gasteiger partial charge on any atom is -0.438 e. The van der Waals surface area contributed by atoms with Crippen molar-refractivity contribution in [1.29, 1.82) is 0 Å². The SMILES string of the molecule is NNC(=O)c1cccnc1Oc1ccc(F)cc1. The van der Waals surface area contributed by atoms with Gasteiger partial charge in [0, 0.05) is 6.20 Å². The fraction of sp³-hybridized carbons (Fsp3) is 0. The Bertz CT molecular complexity index is 558. The minimum absolute atomic E-state index is 0.104. The van der Waals surface area contributed by atoms with Gasteiger partial charge in [0.2, 0.25) is 5.88 Å². The quantitative estimate of drug-likeness (QED) is 0.491. The van der Waals surface area contributed by atoms with Gasteiger partial charge in [0.1, 0.15) is 17.1 Å². The Kier molecular flexibility index (Phi) is 3.49. The molecule has 18 heavy (non-hydrogen) atoms. The van der Waals surface area contributed by atoms with Crippen LogP contribution in [-0.4, -0.2) is 10.9 Å². The van der Waals surface area contributed by atoms with E-state index in [1.807, 2.05) is 5.43 Å². The van der Waals surface area contributed by atoms with Crippen LogP contribution in [0, 0.1) is 5.82 Å². The summed E-state index contributed by atoms with van der Waals surface area (Å²) in [5.41, 5.74) is 2.20. The Labute approximate surface area is 102 Å². The van der Waals surface area contributed by atoms with Crippen LogP contribution in [0.5, 0.6) is 11.6 Å². The number of benzene rings is 1. The number of carbonyl (C=O) groups is 1. The molecule has 0 unspecified atom stereocenters. The van der Waals surface area contributed by atoms with Crippen LogP contribution in [0.3, 0.4) is 0 Å². The molecule has 0 radical (unpaired) electrons. The molecule has 5 nitrogen and oxygen atoms in total. The molecule has 3 N–H and O–H groups in total. The maximum absolute atomic E-state index is 12.7. The number of rotatable bonds is 3. The molecule has 0 aliphatic heterocycles. The van der Waals surface area contributed by atoms with Gasteiger partial charge >= 0.3 is 0 Å². The third-order valence-electron chi connectivity index (χ3n) is 2.18. The lowest BCUT2D eigenvalue weighted by atomic mass is 10.2. The van der Waals surface area contributed by atoms with E-state index in [1.165, 1.54) is 36.5 Å². The molecule has 0 fully saturated rings. The summed E-state index contributed by atoms with van der Waals surface area (Å²) in [6.45, 7) is 0. The molecule has 1 aromatic carbocycles. The van der Waals surface area contributed by atoms with Gasteiger partial charge < -0.3 is 4.74 Å². The van der Waals surface area contributed by atoms with Gasteiger partial charge in [-0.3, -0.25) is 10.2 Å². The zero-order valence-electron chi connectivity index (χ0n) is 9.26. The number of ether oxygens (including phenoxy) is 1. The highest BCUT2D eigenvalue weighted by Gasteiger charge is 2.12. The number of amides is 1. The van der Waals surface area contributed by atoms with Crippen LogP contribution in [0.15, 0.2) is 42.6 Å². The van der Waals surface area contributed by atoms with E-state index in [1.54, 1.807) is 6.07 Å². The number of carbonyl (C=O) groups excluding carboxylic acids is 1. The molecule has 2 aromatic rings. The summed E-state index contributed by atoms with van der Waals surface area (Å²) >= 11 is 0. The van der Waals surface area contributed by atoms with Crippen LogP contribution in [0.25, 0.3) is 0 Å². The Morgan fingerprint density at radius 2 is 2.00 bits per heavy atom. The number of nitrogens with two attached hydrogens (primary N) is 1. The molecule has 0 saturated carbocycles. The molecule has 1 heterocycles. The van der Waals surface area contributed by atoms with Crippen molar-refractivity contribution in [3.63, 3.8) is 0 Å². The van der Waals surface area contributed by atoms with E-state index in [-0.39, 0.29) is 17.3 Å². The van der Waals surface area contributed by atoms with E-state index in [0.717, 1.165) is 0 Å². The van der Waals surface area contributed by atoms with E-state index in [2.05, 4.69) is 4.98 Å². The average molecular weight is 247 g/mol. The summed E-state index contributed by atoms with van der Waals surface area (Å²) < 4.78 is 18.1. The molecule has 92 valence electrons. The number of nitrogens with one attached hydrogen (secondary N) is 1. The first-order valence-corrected chi connectivity index (χ1v) is 5.10. The third kappa shape index (κ3) is 2.61. The van der Waals surface area contributed by atoms with E-state index >= 15 is 0 Å². The highest BCUT2D eigenvalue weighted by molar-refractivity contribution is 5.95. The second-order valence-electron chi connectivity index (χ2n) is 3.39. The van der Waals surface area contributed by atoms with Gasteiger partial charge in [0.25, 0.3) is 5.91 Å². The van der Waals surface area contributed by atoms with Gasteiger partial charge in [-0.2, -0.15) is 0 Å². The number of aromatic nitrogens is 1. The van der Waals surface area contributed by atoms with E-state index in [9.17, 15) is 9.18 Å². The number of nitrogens with zero attached hydrogens (tertiary/aromatic N) is 1. The molecule has 0 spiro atoms. The highest BCUT2D eigenvalue weighted by Crippen LogP contribution is 2.22. The number of nitrogen functional groups attached to an aromatic ring is 1. The van der Waals surface area contributed by atoms with Crippen LogP contribution in [0.4, 0.5) is 4.39 Å². The van der Waals surface area contributed by atoms with Crippen LogP contribution in [0.2, 0.25) is 0 Å². The van der Waals surface area contributed by atoms with Crippen LogP contribution in [-0.2, 0) is 0 Å². The first-order valence-electron chi connectivity index (χ1n) is 5.10. The largest absolute Gasteiger partial charge is 0.438 e. The molecular weight excluding hydrogens is 237 g/mol. The maximum atomic E-state index is 12.7. The van der Waals surface area contributed by atoms with E-state index < -0.39 is 5.91 Å². The minimum atomic E-state index is -0.514. The first-order chi connectivity index (χ1) is 8.70. The Hall–Kier alpha value is -2.47. The number of pyridine rings is 1. The summed E-state index contributed by atoms with van der Waals surface area (Å²) in [5.74, 6) is 4.65. The second-order valence-corrected chi connectivity index (χ2v) is 3.39. The average Bonchev–Trinajstić information content (AvgIpc) is 2.41. The van der Waals surface area contributed by atoms with Crippen molar-refractivity contribution in [3.8, 4) is 11.6 Å². The lowest BCUT2D eigenvalue weighted by Crippen LogP contribution is -2.30. The Morgan fingerprint density at radius 1 is 1.28 bits per heavy atom. The fourth-order valence-electron chi connectivity index (χ4n) is 1.34. The van der Waals surface area contributed by atoms with Crippen molar-refractivity contribution in [2.75, 3.05) is 0 Å². The molecule has 6 heteroatoms. The van der Waals surface area contributed by atoms with E-state index in [0.29, 0.717) is 5.75 Å². The molecule has 1 amide bonds. The summed E-state index contributed by atoms with van der Waals surface area (Å²) in [6.07, 6.45) is 1.48. The zero-order valence-corrected chi connectivity index (χ0v) is 9.26. The van der Waals surface area contributed by atoms with Gasteiger partial charge in [0.05, 0.1) is 0 Å². The summed E-state index contributed by atoms with van der Waals surface area (Å²) in [4.78, 5) is 15.4. The number of halogens is 1. The molecule has 2 rings (SSSR count). The van der Waals surface area contributed by atoms with Gasteiger partial charge in [-0.15, -0.1) is 0 Å². The Morgan fingerprint density at radius 3 is 2.67 bits per heavy atom. The number of hydrogen-bond acceptors (Lipinski definition) is 4.